The summed E-state index contributed by atoms with van der Waals surface area (Å²) >= 11 is 0. The predicted octanol–water partition coefficient (Wildman–Crippen LogP) is 6.85. The molecular formula is C28H35N3O3. The van der Waals surface area contributed by atoms with Crippen molar-refractivity contribution in [3.63, 3.8) is 0 Å². The molecule has 2 aliphatic rings. The number of aromatic nitrogens is 1. The molecule has 0 spiro atoms. The van der Waals surface area contributed by atoms with Crippen LogP contribution < -0.4 is 15.0 Å². The first-order valence-electron chi connectivity index (χ1n) is 12.5. The first kappa shape index (κ1) is 22.6. The van der Waals surface area contributed by atoms with Crippen LogP contribution in [-0.2, 0) is 4.74 Å². The van der Waals surface area contributed by atoms with Gasteiger partial charge in [0.15, 0.2) is 0 Å². The van der Waals surface area contributed by atoms with Gasteiger partial charge < -0.3 is 18.9 Å². The van der Waals surface area contributed by atoms with E-state index in [1.807, 2.05) is 26.0 Å². The van der Waals surface area contributed by atoms with E-state index < -0.39 is 0 Å². The Hall–Kier alpha value is -3.15. The summed E-state index contributed by atoms with van der Waals surface area (Å²) in [4.78, 5) is 14.5. The zero-order chi connectivity index (χ0) is 23.8. The van der Waals surface area contributed by atoms with Gasteiger partial charge in [-0.25, -0.2) is 4.79 Å². The number of carbonyl (C=O) groups is 1. The Morgan fingerprint density at radius 3 is 2.44 bits per heavy atom. The molecule has 180 valence electrons. The lowest BCUT2D eigenvalue weighted by molar-refractivity contribution is 0.108. The Morgan fingerprint density at radius 1 is 1.12 bits per heavy atom. The van der Waals surface area contributed by atoms with E-state index in [2.05, 4.69) is 59.2 Å². The average molecular weight is 462 g/mol. The van der Waals surface area contributed by atoms with E-state index in [9.17, 15) is 4.79 Å². The summed E-state index contributed by atoms with van der Waals surface area (Å²) in [7, 11) is 4.21. The Morgan fingerprint density at radius 2 is 1.85 bits per heavy atom. The highest BCUT2D eigenvalue weighted by atomic mass is 16.6. The lowest BCUT2D eigenvalue weighted by atomic mass is 9.92. The van der Waals surface area contributed by atoms with Crippen molar-refractivity contribution in [3.8, 4) is 17.0 Å². The van der Waals surface area contributed by atoms with Crippen LogP contribution in [0.1, 0.15) is 52.0 Å². The van der Waals surface area contributed by atoms with Crippen molar-refractivity contribution in [2.45, 2.75) is 58.1 Å². The minimum absolute atomic E-state index is 0.0262. The molecule has 1 atom stereocenters. The number of hydrogen-bond acceptors (Lipinski definition) is 4. The SMILES string of the molecule is CCOc1ccc2c(N(C)C)c(-c3ccc(NC(=O)OC(C)C4CC4)cc3)n(C3CCC3)c2c1. The van der Waals surface area contributed by atoms with E-state index in [1.54, 1.807) is 0 Å². The maximum atomic E-state index is 12.3. The zero-order valence-corrected chi connectivity index (χ0v) is 20.6. The number of fused-ring (bicyclic) bond motifs is 1. The third-order valence-electron chi connectivity index (χ3n) is 7.13. The first-order valence-corrected chi connectivity index (χ1v) is 12.5. The number of amides is 1. The molecule has 0 radical (unpaired) electrons. The lowest BCUT2D eigenvalue weighted by Gasteiger charge is -2.30. The fraction of sp³-hybridized carbons (Fsp3) is 0.464. The zero-order valence-electron chi connectivity index (χ0n) is 20.6. The second-order valence-electron chi connectivity index (χ2n) is 9.81. The van der Waals surface area contributed by atoms with Crippen LogP contribution in [0, 0.1) is 5.92 Å². The second kappa shape index (κ2) is 9.24. The molecular weight excluding hydrogens is 426 g/mol. The quantitative estimate of drug-likeness (QED) is 0.399. The van der Waals surface area contributed by atoms with Gasteiger partial charge in [-0.05, 0) is 76.1 Å². The van der Waals surface area contributed by atoms with Crippen molar-refractivity contribution in [1.82, 2.24) is 4.57 Å². The minimum atomic E-state index is -0.381. The molecule has 1 heterocycles. The molecule has 0 aliphatic heterocycles. The van der Waals surface area contributed by atoms with Crippen LogP contribution in [0.4, 0.5) is 16.2 Å². The fourth-order valence-corrected chi connectivity index (χ4v) is 4.97. The molecule has 0 saturated heterocycles. The van der Waals surface area contributed by atoms with Gasteiger partial charge in [-0.1, -0.05) is 12.1 Å². The smallest absolute Gasteiger partial charge is 0.411 e. The van der Waals surface area contributed by atoms with Crippen LogP contribution in [0.15, 0.2) is 42.5 Å². The molecule has 2 saturated carbocycles. The van der Waals surface area contributed by atoms with Crippen LogP contribution in [-0.4, -0.2) is 37.5 Å². The fourth-order valence-electron chi connectivity index (χ4n) is 4.97. The Balaban J connectivity index is 1.50. The third kappa shape index (κ3) is 4.33. The van der Waals surface area contributed by atoms with Gasteiger partial charge in [-0.15, -0.1) is 0 Å². The summed E-state index contributed by atoms with van der Waals surface area (Å²) in [5.41, 5.74) is 5.52. The normalized spacial score (nSPS) is 16.7. The van der Waals surface area contributed by atoms with Crippen LogP contribution in [0.5, 0.6) is 5.75 Å². The summed E-state index contributed by atoms with van der Waals surface area (Å²) in [6.45, 7) is 4.64. The molecule has 6 nitrogen and oxygen atoms in total. The first-order chi connectivity index (χ1) is 16.5. The van der Waals surface area contributed by atoms with Gasteiger partial charge in [-0.2, -0.15) is 0 Å². The van der Waals surface area contributed by atoms with E-state index in [1.165, 1.54) is 41.5 Å². The maximum Gasteiger partial charge on any atom is 0.411 e. The lowest BCUT2D eigenvalue weighted by Crippen LogP contribution is -2.21. The van der Waals surface area contributed by atoms with Gasteiger partial charge in [-0.3, -0.25) is 5.32 Å². The number of nitrogens with one attached hydrogen (secondary N) is 1. The number of nitrogens with zero attached hydrogens (tertiary/aromatic N) is 2. The molecule has 1 unspecified atom stereocenters. The summed E-state index contributed by atoms with van der Waals surface area (Å²) in [6, 6.07) is 15.0. The van der Waals surface area contributed by atoms with Gasteiger partial charge in [0, 0.05) is 42.8 Å². The summed E-state index contributed by atoms with van der Waals surface area (Å²) in [5, 5.41) is 4.12. The van der Waals surface area contributed by atoms with Gasteiger partial charge >= 0.3 is 6.09 Å². The number of anilines is 2. The number of ether oxygens (including phenoxy) is 2. The number of rotatable bonds is 8. The molecule has 1 amide bonds. The topological polar surface area (TPSA) is 55.7 Å². The largest absolute Gasteiger partial charge is 0.494 e. The highest BCUT2D eigenvalue weighted by molar-refractivity contribution is 6.03. The molecule has 2 aromatic carbocycles. The monoisotopic (exact) mass is 461 g/mol. The number of hydrogen-bond donors (Lipinski definition) is 1. The third-order valence-corrected chi connectivity index (χ3v) is 7.13. The highest BCUT2D eigenvalue weighted by Crippen LogP contribution is 2.47. The van der Waals surface area contributed by atoms with Gasteiger partial charge in [0.2, 0.25) is 0 Å². The molecule has 34 heavy (non-hydrogen) atoms. The predicted molar refractivity (Wildman–Crippen MR) is 138 cm³/mol. The van der Waals surface area contributed by atoms with Gasteiger partial charge in [0.05, 0.1) is 23.5 Å². The Bertz CT molecular complexity index is 1170. The van der Waals surface area contributed by atoms with Crippen molar-refractivity contribution < 1.29 is 14.3 Å². The molecule has 3 aromatic rings. The number of carbonyl (C=O) groups excluding carboxylic acids is 1. The molecule has 6 heteroatoms. The molecule has 0 bridgehead atoms. The summed E-state index contributed by atoms with van der Waals surface area (Å²) in [6.07, 6.45) is 5.53. The van der Waals surface area contributed by atoms with E-state index in [0.717, 1.165) is 29.8 Å². The van der Waals surface area contributed by atoms with Crippen LogP contribution in [0.25, 0.3) is 22.2 Å². The second-order valence-corrected chi connectivity index (χ2v) is 9.81. The average Bonchev–Trinajstić information content (AvgIpc) is 3.57. The van der Waals surface area contributed by atoms with Crippen molar-refractivity contribution in [3.05, 3.63) is 42.5 Å². The van der Waals surface area contributed by atoms with Crippen molar-refractivity contribution in [2.75, 3.05) is 30.9 Å². The van der Waals surface area contributed by atoms with Gasteiger partial charge in [0.1, 0.15) is 11.9 Å². The molecule has 1 aromatic heterocycles. The van der Waals surface area contributed by atoms with E-state index in [4.69, 9.17) is 9.47 Å². The highest BCUT2D eigenvalue weighted by Gasteiger charge is 2.31. The molecule has 2 fully saturated rings. The number of benzene rings is 2. The van der Waals surface area contributed by atoms with E-state index >= 15 is 0 Å². The maximum absolute atomic E-state index is 12.3. The van der Waals surface area contributed by atoms with Crippen LogP contribution in [0.2, 0.25) is 0 Å². The van der Waals surface area contributed by atoms with Crippen LogP contribution in [0.3, 0.4) is 0 Å². The summed E-state index contributed by atoms with van der Waals surface area (Å²) in [5.74, 6) is 1.43. The Kier molecular flexibility index (Phi) is 6.15. The van der Waals surface area contributed by atoms with E-state index in [0.29, 0.717) is 18.6 Å². The minimum Gasteiger partial charge on any atom is -0.494 e. The molecule has 5 rings (SSSR count). The standard InChI is InChI=1S/C28H35N3O3/c1-5-33-23-15-16-24-25(17-23)31(22-7-6-8-22)26(27(24)30(3)4)20-11-13-21(14-12-20)29-28(32)34-18(2)19-9-10-19/h11-19,22H,5-10H2,1-4H3,(H,29,32). The van der Waals surface area contributed by atoms with Crippen molar-refractivity contribution >= 4 is 28.4 Å². The van der Waals surface area contributed by atoms with Crippen molar-refractivity contribution in [2.24, 2.45) is 5.92 Å². The molecule has 2 aliphatic carbocycles. The van der Waals surface area contributed by atoms with Crippen LogP contribution >= 0.6 is 0 Å². The summed E-state index contributed by atoms with van der Waals surface area (Å²) < 4.78 is 13.9. The Labute approximate surface area is 201 Å². The van der Waals surface area contributed by atoms with Crippen molar-refractivity contribution in [1.29, 1.82) is 0 Å². The van der Waals surface area contributed by atoms with E-state index in [-0.39, 0.29) is 12.2 Å². The van der Waals surface area contributed by atoms with Gasteiger partial charge in [0.25, 0.3) is 0 Å². The molecule has 1 N–H and O–H groups in total.